The Balaban J connectivity index is 2.35. The van der Waals surface area contributed by atoms with Crippen LogP contribution in [-0.4, -0.2) is 30.4 Å². The van der Waals surface area contributed by atoms with Gasteiger partial charge in [-0.15, -0.1) is 11.6 Å². The molecule has 1 aliphatic heterocycles. The number of alkyl halides is 1. The molecule has 0 aromatic rings. The Labute approximate surface area is 99.5 Å². The summed E-state index contributed by atoms with van der Waals surface area (Å²) in [6.07, 6.45) is 4.06. The molecule has 0 amide bonds. The van der Waals surface area contributed by atoms with Gasteiger partial charge in [-0.3, -0.25) is 4.90 Å². The highest BCUT2D eigenvalue weighted by Gasteiger charge is 2.19. The lowest BCUT2D eigenvalue weighted by Gasteiger charge is -2.21. The van der Waals surface area contributed by atoms with Gasteiger partial charge in [-0.2, -0.15) is 0 Å². The minimum Gasteiger partial charge on any atom is -0.299 e. The minimum absolute atomic E-state index is 0.601. The van der Waals surface area contributed by atoms with Gasteiger partial charge in [0, 0.05) is 12.4 Å². The minimum atomic E-state index is 0.601. The van der Waals surface area contributed by atoms with Crippen molar-refractivity contribution in [3.05, 3.63) is 12.2 Å². The molecule has 15 heavy (non-hydrogen) atoms. The molecular formula is C13H24ClN. The van der Waals surface area contributed by atoms with Gasteiger partial charge in [0.05, 0.1) is 0 Å². The van der Waals surface area contributed by atoms with E-state index in [4.69, 9.17) is 11.6 Å². The third kappa shape index (κ3) is 4.56. The first-order valence-corrected chi connectivity index (χ1v) is 6.62. The van der Waals surface area contributed by atoms with Gasteiger partial charge in [-0.25, -0.2) is 0 Å². The van der Waals surface area contributed by atoms with Gasteiger partial charge < -0.3 is 0 Å². The summed E-state index contributed by atoms with van der Waals surface area (Å²) >= 11 is 5.76. The Kier molecular flexibility index (Phi) is 5.70. The molecule has 1 fully saturated rings. The summed E-state index contributed by atoms with van der Waals surface area (Å²) in [7, 11) is 0. The van der Waals surface area contributed by atoms with Crippen LogP contribution in [0.25, 0.3) is 0 Å². The molecule has 1 saturated heterocycles. The normalized spacial score (nSPS) is 24.1. The lowest BCUT2D eigenvalue weighted by Crippen LogP contribution is -2.27. The Hall–Kier alpha value is -0.0100. The second kappa shape index (κ2) is 6.55. The number of hydrogen-bond acceptors (Lipinski definition) is 1. The fourth-order valence-electron chi connectivity index (χ4n) is 2.36. The summed E-state index contributed by atoms with van der Waals surface area (Å²) in [4.78, 5) is 2.51. The van der Waals surface area contributed by atoms with Crippen molar-refractivity contribution in [3.63, 3.8) is 0 Å². The maximum absolute atomic E-state index is 5.76. The van der Waals surface area contributed by atoms with Crippen molar-refractivity contribution in [1.29, 1.82) is 0 Å². The van der Waals surface area contributed by atoms with Crippen molar-refractivity contribution in [1.82, 2.24) is 4.90 Å². The maximum atomic E-state index is 5.76. The van der Waals surface area contributed by atoms with E-state index in [9.17, 15) is 0 Å². The van der Waals surface area contributed by atoms with Crippen LogP contribution in [0.2, 0.25) is 0 Å². The topological polar surface area (TPSA) is 3.24 Å². The molecule has 0 saturated carbocycles. The van der Waals surface area contributed by atoms with E-state index in [1.807, 2.05) is 0 Å². The number of halogens is 1. The van der Waals surface area contributed by atoms with Crippen LogP contribution in [0.3, 0.4) is 0 Å². The van der Waals surface area contributed by atoms with Crippen molar-refractivity contribution < 1.29 is 0 Å². The number of nitrogens with zero attached hydrogens (tertiary/aromatic N) is 1. The fraction of sp³-hybridized carbons (Fsp3) is 0.846. The van der Waals surface area contributed by atoms with E-state index in [1.54, 1.807) is 0 Å². The lowest BCUT2D eigenvalue weighted by atomic mass is 9.89. The Morgan fingerprint density at radius 2 is 2.13 bits per heavy atom. The highest BCUT2D eigenvalue weighted by molar-refractivity contribution is 6.19. The molecule has 88 valence electrons. The standard InChI is InChI=1S/C13H24ClN/c1-11(2)13-5-4-7-15(8-6-13)10-12(3)9-14/h11,13H,3-10H2,1-2H3. The summed E-state index contributed by atoms with van der Waals surface area (Å²) in [6, 6.07) is 0. The Morgan fingerprint density at radius 3 is 2.73 bits per heavy atom. The van der Waals surface area contributed by atoms with E-state index in [2.05, 4.69) is 25.3 Å². The van der Waals surface area contributed by atoms with Crippen LogP contribution in [0.4, 0.5) is 0 Å². The largest absolute Gasteiger partial charge is 0.299 e. The molecule has 0 aromatic carbocycles. The summed E-state index contributed by atoms with van der Waals surface area (Å²) in [5.74, 6) is 2.35. The number of rotatable bonds is 4. The summed E-state index contributed by atoms with van der Waals surface area (Å²) in [6.45, 7) is 12.1. The van der Waals surface area contributed by atoms with E-state index in [0.29, 0.717) is 5.88 Å². The molecule has 1 rings (SSSR count). The van der Waals surface area contributed by atoms with E-state index in [-0.39, 0.29) is 0 Å². The fourth-order valence-corrected chi connectivity index (χ4v) is 2.45. The molecule has 0 aliphatic carbocycles. The van der Waals surface area contributed by atoms with E-state index in [0.717, 1.165) is 24.0 Å². The van der Waals surface area contributed by atoms with Crippen LogP contribution in [0.1, 0.15) is 33.1 Å². The Morgan fingerprint density at radius 1 is 1.40 bits per heavy atom. The summed E-state index contributed by atoms with van der Waals surface area (Å²) in [5, 5.41) is 0. The molecule has 0 radical (unpaired) electrons. The van der Waals surface area contributed by atoms with Crippen LogP contribution in [0, 0.1) is 11.8 Å². The first kappa shape index (κ1) is 13.1. The zero-order valence-corrected chi connectivity index (χ0v) is 10.9. The van der Waals surface area contributed by atoms with Crippen molar-refractivity contribution in [2.45, 2.75) is 33.1 Å². The molecule has 1 heterocycles. The lowest BCUT2D eigenvalue weighted by molar-refractivity contribution is 0.291. The number of likely N-dealkylation sites (tertiary alicyclic amines) is 1. The van der Waals surface area contributed by atoms with Crippen molar-refractivity contribution >= 4 is 11.6 Å². The van der Waals surface area contributed by atoms with Crippen LogP contribution in [-0.2, 0) is 0 Å². The third-order valence-electron chi connectivity index (χ3n) is 3.44. The van der Waals surface area contributed by atoms with Crippen LogP contribution in [0.15, 0.2) is 12.2 Å². The molecule has 0 bridgehead atoms. The molecule has 0 aromatic heterocycles. The molecular weight excluding hydrogens is 206 g/mol. The van der Waals surface area contributed by atoms with E-state index < -0.39 is 0 Å². The molecule has 2 heteroatoms. The average molecular weight is 230 g/mol. The number of hydrogen-bond donors (Lipinski definition) is 0. The Bertz CT molecular complexity index is 201. The monoisotopic (exact) mass is 229 g/mol. The highest BCUT2D eigenvalue weighted by Crippen LogP contribution is 2.24. The smallest absolute Gasteiger partial charge is 0.0443 e. The van der Waals surface area contributed by atoms with Crippen molar-refractivity contribution in [2.75, 3.05) is 25.5 Å². The predicted molar refractivity (Wildman–Crippen MR) is 68.5 cm³/mol. The summed E-state index contributed by atoms with van der Waals surface area (Å²) in [5.41, 5.74) is 1.15. The van der Waals surface area contributed by atoms with Gasteiger partial charge in [0.15, 0.2) is 0 Å². The molecule has 1 unspecified atom stereocenters. The SMILES string of the molecule is C=C(CCl)CN1CCCC(C(C)C)CC1. The second-order valence-corrected chi connectivity index (χ2v) is 5.36. The zero-order chi connectivity index (χ0) is 11.3. The van der Waals surface area contributed by atoms with Gasteiger partial charge >= 0.3 is 0 Å². The van der Waals surface area contributed by atoms with Crippen molar-refractivity contribution in [3.8, 4) is 0 Å². The average Bonchev–Trinajstić information content (AvgIpc) is 2.43. The van der Waals surface area contributed by atoms with Gasteiger partial charge in [0.2, 0.25) is 0 Å². The molecule has 0 spiro atoms. The highest BCUT2D eigenvalue weighted by atomic mass is 35.5. The first-order valence-electron chi connectivity index (χ1n) is 6.08. The molecule has 1 nitrogen and oxygen atoms in total. The van der Waals surface area contributed by atoms with E-state index in [1.165, 1.54) is 32.4 Å². The quantitative estimate of drug-likeness (QED) is 0.527. The van der Waals surface area contributed by atoms with Crippen LogP contribution < -0.4 is 0 Å². The van der Waals surface area contributed by atoms with Gasteiger partial charge in [0.25, 0.3) is 0 Å². The first-order chi connectivity index (χ1) is 7.13. The molecule has 1 aliphatic rings. The van der Waals surface area contributed by atoms with E-state index >= 15 is 0 Å². The summed E-state index contributed by atoms with van der Waals surface area (Å²) < 4.78 is 0. The van der Waals surface area contributed by atoms with Crippen LogP contribution >= 0.6 is 11.6 Å². The van der Waals surface area contributed by atoms with Gasteiger partial charge in [-0.1, -0.05) is 20.4 Å². The predicted octanol–water partition coefficient (Wildman–Crippen LogP) is 3.54. The third-order valence-corrected chi connectivity index (χ3v) is 3.82. The van der Waals surface area contributed by atoms with Gasteiger partial charge in [-0.05, 0) is 49.8 Å². The van der Waals surface area contributed by atoms with Gasteiger partial charge in [0.1, 0.15) is 0 Å². The molecule has 0 N–H and O–H groups in total. The van der Waals surface area contributed by atoms with Crippen molar-refractivity contribution in [2.24, 2.45) is 11.8 Å². The maximum Gasteiger partial charge on any atom is 0.0443 e. The van der Waals surface area contributed by atoms with Crippen LogP contribution in [0.5, 0.6) is 0 Å². The second-order valence-electron chi connectivity index (χ2n) is 5.09. The zero-order valence-electron chi connectivity index (χ0n) is 10.1. The molecule has 1 atom stereocenters.